The lowest BCUT2D eigenvalue weighted by Gasteiger charge is -2.35. The average molecular weight is 605 g/mol. The van der Waals surface area contributed by atoms with Gasteiger partial charge in [0, 0.05) is 55.1 Å². The van der Waals surface area contributed by atoms with Gasteiger partial charge in [-0.05, 0) is 48.4 Å². The van der Waals surface area contributed by atoms with Crippen molar-refractivity contribution in [1.82, 2.24) is 15.1 Å². The van der Waals surface area contributed by atoms with E-state index in [4.69, 9.17) is 16.3 Å². The van der Waals surface area contributed by atoms with Gasteiger partial charge in [0.05, 0.1) is 6.54 Å². The normalized spacial score (nSPS) is 15.5. The fourth-order valence-electron chi connectivity index (χ4n) is 4.82. The number of benzene rings is 2. The van der Waals surface area contributed by atoms with Crippen molar-refractivity contribution in [3.63, 3.8) is 0 Å². The highest BCUT2D eigenvalue weighted by molar-refractivity contribution is 9.10. The first-order valence-corrected chi connectivity index (χ1v) is 14.6. The van der Waals surface area contributed by atoms with E-state index in [0.29, 0.717) is 32.0 Å². The lowest BCUT2D eigenvalue weighted by atomic mass is 9.76. The fraction of sp³-hybridized carbons (Fsp3) is 0.467. The maximum absolute atomic E-state index is 12.8. The minimum absolute atomic E-state index is 0.0281. The molecule has 1 unspecified atom stereocenters. The predicted molar refractivity (Wildman–Crippen MR) is 157 cm³/mol. The Labute approximate surface area is 240 Å². The second kappa shape index (κ2) is 15.3. The zero-order valence-electron chi connectivity index (χ0n) is 22.3. The molecule has 1 heterocycles. The van der Waals surface area contributed by atoms with E-state index < -0.39 is 0 Å². The lowest BCUT2D eigenvalue weighted by molar-refractivity contribution is -0.134. The largest absolute Gasteiger partial charge is 0.489 e. The zero-order chi connectivity index (χ0) is 27.4. The molecule has 0 aliphatic carbocycles. The van der Waals surface area contributed by atoms with Crippen molar-refractivity contribution in [2.45, 2.75) is 45.8 Å². The summed E-state index contributed by atoms with van der Waals surface area (Å²) in [5.74, 6) is 1.23. The van der Waals surface area contributed by atoms with Crippen LogP contribution in [-0.4, -0.2) is 60.2 Å². The van der Waals surface area contributed by atoms with Crippen LogP contribution in [0.2, 0.25) is 0 Å². The van der Waals surface area contributed by atoms with Gasteiger partial charge in [-0.3, -0.25) is 14.5 Å². The number of nitrogens with zero attached hydrogens (tertiary/aromatic N) is 2. The minimum Gasteiger partial charge on any atom is -0.489 e. The van der Waals surface area contributed by atoms with E-state index >= 15 is 0 Å². The summed E-state index contributed by atoms with van der Waals surface area (Å²) < 4.78 is 7.18. The smallest absolute Gasteiger partial charge is 0.242 e. The number of ether oxygens (including phenoxy) is 1. The summed E-state index contributed by atoms with van der Waals surface area (Å²) in [6.07, 6.45) is 4.53. The molecule has 2 amide bonds. The molecule has 1 saturated heterocycles. The number of alkyl halides is 1. The maximum Gasteiger partial charge on any atom is 0.242 e. The predicted octanol–water partition coefficient (Wildman–Crippen LogP) is 5.78. The zero-order valence-corrected chi connectivity index (χ0v) is 24.6. The molecule has 38 heavy (non-hydrogen) atoms. The third-order valence-electron chi connectivity index (χ3n) is 7.32. The van der Waals surface area contributed by atoms with Gasteiger partial charge in [-0.25, -0.2) is 0 Å². The molecule has 206 valence electrons. The molecule has 2 aromatic carbocycles. The van der Waals surface area contributed by atoms with E-state index in [1.807, 2.05) is 53.4 Å². The number of piperazine rings is 1. The number of rotatable bonds is 14. The number of hydrogen-bond donors (Lipinski definition) is 1. The van der Waals surface area contributed by atoms with E-state index in [1.165, 1.54) is 0 Å². The van der Waals surface area contributed by atoms with Crippen molar-refractivity contribution in [1.29, 1.82) is 0 Å². The number of para-hydroxylation sites is 1. The molecule has 1 aliphatic heterocycles. The lowest BCUT2D eigenvalue weighted by Crippen LogP contribution is -2.51. The first-order valence-electron chi connectivity index (χ1n) is 13.3. The van der Waals surface area contributed by atoms with E-state index in [-0.39, 0.29) is 23.8 Å². The van der Waals surface area contributed by atoms with Gasteiger partial charge in [0.2, 0.25) is 11.8 Å². The molecule has 1 aliphatic rings. The standard InChI is InChI=1S/C30H39BrClN3O3/c1-3-13-30(4-2,14-15-32)20-28(36)33-21-29(37)35-18-16-34(17-19-35)22-25-7-5-6-8-27(25)38-23-24-9-11-26(31)12-10-24/h3,5-12H,1,4,13-23H2,2H3,(H,33,36). The Hall–Kier alpha value is -2.35. The Bertz CT molecular complexity index is 1060. The fourth-order valence-corrected chi connectivity index (χ4v) is 5.48. The summed E-state index contributed by atoms with van der Waals surface area (Å²) in [5.41, 5.74) is 2.05. The van der Waals surface area contributed by atoms with E-state index in [0.717, 1.165) is 60.2 Å². The van der Waals surface area contributed by atoms with Crippen LogP contribution < -0.4 is 10.1 Å². The molecule has 0 spiro atoms. The SMILES string of the molecule is C=CCC(CC)(CCCl)CC(=O)NCC(=O)N1CCN(Cc2ccccc2OCc2ccc(Br)cc2)CC1. The van der Waals surface area contributed by atoms with Crippen LogP contribution in [0.3, 0.4) is 0 Å². The number of halogens is 2. The van der Waals surface area contributed by atoms with Gasteiger partial charge in [0.1, 0.15) is 12.4 Å². The van der Waals surface area contributed by atoms with Gasteiger partial charge < -0.3 is 15.0 Å². The molecule has 0 bridgehead atoms. The van der Waals surface area contributed by atoms with Gasteiger partial charge in [0.25, 0.3) is 0 Å². The van der Waals surface area contributed by atoms with Crippen molar-refractivity contribution in [2.75, 3.05) is 38.6 Å². The van der Waals surface area contributed by atoms with Crippen molar-refractivity contribution in [3.05, 3.63) is 76.8 Å². The van der Waals surface area contributed by atoms with E-state index in [2.05, 4.69) is 45.7 Å². The van der Waals surface area contributed by atoms with Crippen LogP contribution in [-0.2, 0) is 22.7 Å². The summed E-state index contributed by atoms with van der Waals surface area (Å²) in [4.78, 5) is 29.6. The number of hydrogen-bond acceptors (Lipinski definition) is 4. The van der Waals surface area contributed by atoms with Gasteiger partial charge in [-0.15, -0.1) is 18.2 Å². The summed E-state index contributed by atoms with van der Waals surface area (Å²) in [5, 5.41) is 2.83. The Kier molecular flexibility index (Phi) is 12.2. The van der Waals surface area contributed by atoms with Gasteiger partial charge in [-0.1, -0.05) is 59.3 Å². The second-order valence-electron chi connectivity index (χ2n) is 9.92. The highest BCUT2D eigenvalue weighted by atomic mass is 79.9. The van der Waals surface area contributed by atoms with Crippen molar-refractivity contribution >= 4 is 39.3 Å². The molecule has 0 saturated carbocycles. The third kappa shape index (κ3) is 9.14. The first kappa shape index (κ1) is 30.2. The van der Waals surface area contributed by atoms with Gasteiger partial charge in [0.15, 0.2) is 0 Å². The van der Waals surface area contributed by atoms with E-state index in [1.54, 1.807) is 0 Å². The Morgan fingerprint density at radius 2 is 1.84 bits per heavy atom. The highest BCUT2D eigenvalue weighted by Gasteiger charge is 2.30. The van der Waals surface area contributed by atoms with Crippen LogP contribution in [0.5, 0.6) is 5.75 Å². The summed E-state index contributed by atoms with van der Waals surface area (Å²) in [6.45, 7) is 10.0. The summed E-state index contributed by atoms with van der Waals surface area (Å²) in [6, 6.07) is 16.2. The third-order valence-corrected chi connectivity index (χ3v) is 8.04. The molecular formula is C30H39BrClN3O3. The summed E-state index contributed by atoms with van der Waals surface area (Å²) >= 11 is 9.45. The summed E-state index contributed by atoms with van der Waals surface area (Å²) in [7, 11) is 0. The second-order valence-corrected chi connectivity index (χ2v) is 11.2. The minimum atomic E-state index is -0.194. The molecule has 2 aromatic rings. The topological polar surface area (TPSA) is 61.9 Å². The molecule has 3 rings (SSSR count). The Morgan fingerprint density at radius 1 is 1.13 bits per heavy atom. The molecule has 1 N–H and O–H groups in total. The Morgan fingerprint density at radius 3 is 2.50 bits per heavy atom. The molecule has 6 nitrogen and oxygen atoms in total. The van der Waals surface area contributed by atoms with Crippen LogP contribution in [0.25, 0.3) is 0 Å². The molecule has 0 aromatic heterocycles. The van der Waals surface area contributed by atoms with Crippen molar-refractivity contribution < 1.29 is 14.3 Å². The number of amides is 2. The number of allylic oxidation sites excluding steroid dienone is 1. The van der Waals surface area contributed by atoms with Crippen LogP contribution in [0.15, 0.2) is 65.7 Å². The number of nitrogens with one attached hydrogen (secondary N) is 1. The van der Waals surface area contributed by atoms with Gasteiger partial charge >= 0.3 is 0 Å². The monoisotopic (exact) mass is 603 g/mol. The van der Waals surface area contributed by atoms with Crippen LogP contribution >= 0.6 is 27.5 Å². The number of carbonyl (C=O) groups is 2. The molecular weight excluding hydrogens is 566 g/mol. The molecule has 1 atom stereocenters. The van der Waals surface area contributed by atoms with Crippen molar-refractivity contribution in [2.24, 2.45) is 5.41 Å². The van der Waals surface area contributed by atoms with E-state index in [9.17, 15) is 9.59 Å². The molecule has 0 radical (unpaired) electrons. The van der Waals surface area contributed by atoms with Crippen LogP contribution in [0, 0.1) is 5.41 Å². The Balaban J connectivity index is 1.45. The van der Waals surface area contributed by atoms with Crippen LogP contribution in [0.1, 0.15) is 43.7 Å². The maximum atomic E-state index is 12.8. The average Bonchev–Trinajstić information content (AvgIpc) is 2.93. The molecule has 1 fully saturated rings. The van der Waals surface area contributed by atoms with Gasteiger partial charge in [-0.2, -0.15) is 0 Å². The quantitative estimate of drug-likeness (QED) is 0.219. The highest BCUT2D eigenvalue weighted by Crippen LogP contribution is 2.35. The number of carbonyl (C=O) groups excluding carboxylic acids is 2. The first-order chi connectivity index (χ1) is 18.4. The van der Waals surface area contributed by atoms with Crippen molar-refractivity contribution in [3.8, 4) is 5.75 Å². The molecule has 8 heteroatoms. The van der Waals surface area contributed by atoms with Crippen LogP contribution in [0.4, 0.5) is 0 Å².